The molecule has 0 bridgehead atoms. The van der Waals surface area contributed by atoms with Gasteiger partial charge in [-0.3, -0.25) is 0 Å². The molecule has 0 spiro atoms. The van der Waals surface area contributed by atoms with Gasteiger partial charge in [0.15, 0.2) is 0 Å². The average Bonchev–Trinajstić information content (AvgIpc) is 3.71. The summed E-state index contributed by atoms with van der Waals surface area (Å²) in [5.74, 6) is 0. The van der Waals surface area contributed by atoms with E-state index in [0.717, 1.165) is 84.5 Å². The van der Waals surface area contributed by atoms with Gasteiger partial charge in [-0.2, -0.15) is 0 Å². The molecule has 0 N–H and O–H groups in total. The highest BCUT2D eigenvalue weighted by molar-refractivity contribution is 6.13. The first-order chi connectivity index (χ1) is 34.2. The zero-order valence-electron chi connectivity index (χ0n) is 41.1. The second kappa shape index (κ2) is 15.7. The van der Waals surface area contributed by atoms with Crippen LogP contribution >= 0.6 is 0 Å². The van der Waals surface area contributed by atoms with Crippen LogP contribution in [-0.4, -0.2) is 0 Å². The van der Waals surface area contributed by atoms with Crippen molar-refractivity contribution in [2.24, 2.45) is 0 Å². The number of fused-ring (bicyclic) bond motifs is 6. The maximum Gasteiger partial charge on any atom is 0.0714 e. The number of anilines is 3. The first kappa shape index (κ1) is 31.8. The molecule has 0 aromatic heterocycles. The average molecular weight is 822 g/mol. The number of rotatable bonds is 8. The molecule has 0 fully saturated rings. The lowest BCUT2D eigenvalue weighted by atomic mass is 9.67. The summed E-state index contributed by atoms with van der Waals surface area (Å²) in [6, 6.07) is 64.1. The molecule has 302 valence electrons. The van der Waals surface area contributed by atoms with Crippen LogP contribution in [0.5, 0.6) is 0 Å². The van der Waals surface area contributed by atoms with Crippen LogP contribution < -0.4 is 4.90 Å². The molecule has 0 saturated carbocycles. The molecule has 0 heterocycles. The van der Waals surface area contributed by atoms with Gasteiger partial charge in [-0.1, -0.05) is 206 Å². The zero-order valence-corrected chi connectivity index (χ0v) is 35.1. The van der Waals surface area contributed by atoms with Gasteiger partial charge in [0.2, 0.25) is 0 Å². The Morgan fingerprint density at radius 3 is 1.80 bits per heavy atom. The highest BCUT2D eigenvalue weighted by Gasteiger charge is 2.46. The van der Waals surface area contributed by atoms with Crippen LogP contribution in [0.3, 0.4) is 0 Å². The largest absolute Gasteiger partial charge is 0.310 e. The lowest BCUT2D eigenvalue weighted by Gasteiger charge is -2.35. The van der Waals surface area contributed by atoms with Gasteiger partial charge in [0, 0.05) is 17.1 Å². The summed E-state index contributed by atoms with van der Waals surface area (Å²) in [5.41, 5.74) is 10.7. The highest BCUT2D eigenvalue weighted by atomic mass is 15.1. The lowest BCUT2D eigenvalue weighted by molar-refractivity contribution is 0.768. The highest BCUT2D eigenvalue weighted by Crippen LogP contribution is 2.57. The number of allylic oxidation sites excluding steroid dienone is 4. The second-order valence-electron chi connectivity index (χ2n) is 16.6. The Hall–Kier alpha value is -8.00. The van der Waals surface area contributed by atoms with Crippen LogP contribution in [0.15, 0.2) is 249 Å². The molecule has 10 aromatic rings. The van der Waals surface area contributed by atoms with E-state index >= 15 is 0 Å². The van der Waals surface area contributed by atoms with Gasteiger partial charge in [-0.15, -0.1) is 0 Å². The third-order valence-electron chi connectivity index (χ3n) is 13.1. The predicted octanol–water partition coefficient (Wildman–Crippen LogP) is 16.9. The molecule has 0 saturated heterocycles. The fourth-order valence-electron chi connectivity index (χ4n) is 10.1. The molecule has 10 aromatic carbocycles. The summed E-state index contributed by atoms with van der Waals surface area (Å²) in [6.45, 7) is 0. The Balaban J connectivity index is 1.11. The van der Waals surface area contributed by atoms with Crippen molar-refractivity contribution in [1.29, 1.82) is 0 Å². The van der Waals surface area contributed by atoms with Crippen LogP contribution in [0.4, 0.5) is 17.1 Å². The van der Waals surface area contributed by atoms with E-state index in [2.05, 4.69) is 121 Å². The smallest absolute Gasteiger partial charge is 0.0714 e. The summed E-state index contributed by atoms with van der Waals surface area (Å²) < 4.78 is 59.1. The van der Waals surface area contributed by atoms with Crippen LogP contribution in [0.2, 0.25) is 0 Å². The normalized spacial score (nSPS) is 15.0. The molecule has 1 heteroatoms. The summed E-state index contributed by atoms with van der Waals surface area (Å²) in [5, 5.41) is 3.74. The minimum absolute atomic E-state index is 0.0110. The fourth-order valence-corrected chi connectivity index (χ4v) is 10.1. The molecule has 0 amide bonds. The minimum Gasteiger partial charge on any atom is -0.310 e. The first-order valence-electron chi connectivity index (χ1n) is 25.0. The van der Waals surface area contributed by atoms with E-state index in [-0.39, 0.29) is 53.2 Å². The van der Waals surface area contributed by atoms with Gasteiger partial charge in [-0.05, 0) is 144 Å². The van der Waals surface area contributed by atoms with E-state index in [1.807, 2.05) is 78.9 Å². The van der Waals surface area contributed by atoms with E-state index in [0.29, 0.717) is 16.8 Å². The van der Waals surface area contributed by atoms with Crippen LogP contribution in [0, 0.1) is 0 Å². The standard InChI is InChI=1S/C63H45N/c1-4-16-44(17-5-1)45-28-30-46(31-29-45)47-32-36-52(37-33-47)64(53-38-34-48(35-39-53)60-42-49-18-10-11-23-55(49)56-24-12-13-25-57(56)60)54-40-41-59-58-26-14-15-27-61(58)63(62(59)43-54,50-19-6-2-7-20-50)51-21-8-3-9-22-51/h2-4,6-43H,1,5H2/i32D,34D,35D,37D,38D,39D. The number of hydrogen-bond donors (Lipinski definition) is 0. The topological polar surface area (TPSA) is 3.24 Å². The summed E-state index contributed by atoms with van der Waals surface area (Å²) in [7, 11) is 0. The zero-order chi connectivity index (χ0) is 47.7. The van der Waals surface area contributed by atoms with Gasteiger partial charge in [0.05, 0.1) is 13.6 Å². The quantitative estimate of drug-likeness (QED) is 0.138. The Morgan fingerprint density at radius 2 is 1.05 bits per heavy atom. The predicted molar refractivity (Wildman–Crippen MR) is 271 cm³/mol. The Bertz CT molecular complexity index is 3720. The van der Waals surface area contributed by atoms with E-state index < -0.39 is 5.41 Å². The number of benzene rings is 10. The van der Waals surface area contributed by atoms with Gasteiger partial charge in [-0.25, -0.2) is 0 Å². The van der Waals surface area contributed by atoms with Gasteiger partial charge in [0.25, 0.3) is 0 Å². The molecule has 2 aliphatic rings. The SMILES string of the molecule is [2H]c1cc(N(c2ccc3c(c2)C(c2ccccc2)(c2ccccc2)c2ccccc2-3)c2c([2H])c([2H])c(-c3cc4ccccc4c4ccccc34)c([2H])c2[2H])c([2H])cc1-c1ccc(C2=CCCC=C2)cc1. The molecule has 0 aliphatic heterocycles. The first-order valence-corrected chi connectivity index (χ1v) is 22.0. The van der Waals surface area contributed by atoms with Crippen molar-refractivity contribution >= 4 is 44.2 Å². The van der Waals surface area contributed by atoms with Crippen molar-refractivity contribution in [3.8, 4) is 33.4 Å². The molecule has 0 unspecified atom stereocenters. The van der Waals surface area contributed by atoms with Crippen molar-refractivity contribution < 1.29 is 8.22 Å². The van der Waals surface area contributed by atoms with Crippen LogP contribution in [-0.2, 0) is 5.41 Å². The molecule has 12 rings (SSSR count). The van der Waals surface area contributed by atoms with Gasteiger partial charge >= 0.3 is 0 Å². The molecular weight excluding hydrogens is 771 g/mol. The van der Waals surface area contributed by atoms with Crippen molar-refractivity contribution in [3.63, 3.8) is 0 Å². The molecule has 0 atom stereocenters. The maximum atomic E-state index is 9.98. The third kappa shape index (κ3) is 6.23. The molecule has 2 aliphatic carbocycles. The fraction of sp³-hybridized carbons (Fsp3) is 0.0476. The molecule has 0 radical (unpaired) electrons. The lowest BCUT2D eigenvalue weighted by Crippen LogP contribution is -2.28. The third-order valence-corrected chi connectivity index (χ3v) is 13.1. The van der Waals surface area contributed by atoms with Crippen LogP contribution in [0.25, 0.3) is 60.5 Å². The minimum atomic E-state index is -0.782. The van der Waals surface area contributed by atoms with Crippen molar-refractivity contribution in [2.75, 3.05) is 4.90 Å². The Kier molecular flexibility index (Phi) is 7.81. The Morgan fingerprint density at radius 1 is 0.391 bits per heavy atom. The molecule has 64 heavy (non-hydrogen) atoms. The van der Waals surface area contributed by atoms with Gasteiger partial charge < -0.3 is 4.90 Å². The summed E-state index contributed by atoms with van der Waals surface area (Å²) in [6.07, 6.45) is 8.58. The maximum absolute atomic E-state index is 9.98. The second-order valence-corrected chi connectivity index (χ2v) is 16.6. The van der Waals surface area contributed by atoms with Gasteiger partial charge in [0.1, 0.15) is 0 Å². The van der Waals surface area contributed by atoms with E-state index in [4.69, 9.17) is 0 Å². The summed E-state index contributed by atoms with van der Waals surface area (Å²) >= 11 is 0. The summed E-state index contributed by atoms with van der Waals surface area (Å²) in [4.78, 5) is 1.68. The molecular formula is C63H45N. The van der Waals surface area contributed by atoms with E-state index in [1.54, 1.807) is 17.0 Å². The van der Waals surface area contributed by atoms with Crippen molar-refractivity contribution in [1.82, 2.24) is 0 Å². The van der Waals surface area contributed by atoms with Crippen molar-refractivity contribution in [3.05, 3.63) is 276 Å². The van der Waals surface area contributed by atoms with E-state index in [1.165, 1.54) is 0 Å². The number of nitrogens with zero attached hydrogens (tertiary/aromatic N) is 1. The molecule has 1 nitrogen and oxygen atoms in total. The van der Waals surface area contributed by atoms with Crippen molar-refractivity contribution in [2.45, 2.75) is 18.3 Å². The number of hydrogen-bond acceptors (Lipinski definition) is 1. The Labute approximate surface area is 384 Å². The monoisotopic (exact) mass is 821 g/mol. The van der Waals surface area contributed by atoms with E-state index in [9.17, 15) is 8.22 Å². The van der Waals surface area contributed by atoms with Crippen LogP contribution in [0.1, 0.15) is 48.9 Å².